The summed E-state index contributed by atoms with van der Waals surface area (Å²) >= 11 is 0. The number of carbonyl (C=O) groups excluding carboxylic acids is 2. The molecule has 0 saturated heterocycles. The molecule has 0 amide bonds. The number of ketones is 2. The summed E-state index contributed by atoms with van der Waals surface area (Å²) in [5.74, 6) is -2.26. The fraction of sp³-hybridized carbons (Fsp3) is 0.583. The van der Waals surface area contributed by atoms with Crippen molar-refractivity contribution in [2.24, 2.45) is 29.6 Å². The van der Waals surface area contributed by atoms with E-state index in [0.717, 1.165) is 6.42 Å². The predicted molar refractivity (Wildman–Crippen MR) is 53.5 cm³/mol. The number of carbonyl (C=O) groups is 3. The highest BCUT2D eigenvalue weighted by molar-refractivity contribution is 6.13. The molecule has 0 aliphatic heterocycles. The quantitative estimate of drug-likeness (QED) is 0.548. The Morgan fingerprint density at radius 3 is 2.12 bits per heavy atom. The molecule has 0 aromatic carbocycles. The second kappa shape index (κ2) is 3.03. The Balaban J connectivity index is 1.91. The highest BCUT2D eigenvalue weighted by Gasteiger charge is 2.59. The van der Waals surface area contributed by atoms with Gasteiger partial charge < -0.3 is 5.11 Å². The van der Waals surface area contributed by atoms with Gasteiger partial charge in [-0.2, -0.15) is 0 Å². The maximum Gasteiger partial charge on any atom is 0.304 e. The first kappa shape index (κ1) is 9.75. The van der Waals surface area contributed by atoms with Gasteiger partial charge in [0.1, 0.15) is 11.6 Å². The van der Waals surface area contributed by atoms with E-state index < -0.39 is 11.9 Å². The molecule has 1 N–H and O–H groups in total. The minimum atomic E-state index is -1.06. The van der Waals surface area contributed by atoms with Crippen LogP contribution in [0.2, 0.25) is 0 Å². The molecule has 2 fully saturated rings. The lowest BCUT2D eigenvalue weighted by atomic mass is 9.85. The van der Waals surface area contributed by atoms with Crippen molar-refractivity contribution in [1.29, 1.82) is 0 Å². The number of Topliss-reactive ketones (excluding diaryl/α,β-unsaturated/α-hetero) is 2. The van der Waals surface area contributed by atoms with Crippen molar-refractivity contribution in [2.45, 2.75) is 12.8 Å². The molecule has 0 heterocycles. The van der Waals surface area contributed by atoms with Gasteiger partial charge >= 0.3 is 5.97 Å². The summed E-state index contributed by atoms with van der Waals surface area (Å²) in [4.78, 5) is 34.6. The fourth-order valence-electron chi connectivity index (χ4n) is 3.58. The van der Waals surface area contributed by atoms with E-state index in [9.17, 15) is 14.4 Å². The van der Waals surface area contributed by atoms with E-state index in [1.807, 2.05) is 12.2 Å². The van der Waals surface area contributed by atoms with Gasteiger partial charge in [-0.3, -0.25) is 14.4 Å². The average Bonchev–Trinajstić information content (AvgIpc) is 2.87. The molecule has 1 unspecified atom stereocenters. The Bertz CT molecular complexity index is 393. The average molecular weight is 220 g/mol. The van der Waals surface area contributed by atoms with Crippen molar-refractivity contribution < 1.29 is 19.5 Å². The SMILES string of the molecule is O=C(O)CC1C(=O)[C@@H]2[C@H](C1=O)[C@@H]1C=C[C@H]2C1. The van der Waals surface area contributed by atoms with Crippen LogP contribution >= 0.6 is 0 Å². The van der Waals surface area contributed by atoms with Crippen LogP contribution in [0.5, 0.6) is 0 Å². The summed E-state index contributed by atoms with van der Waals surface area (Å²) in [5, 5.41) is 8.70. The number of aliphatic carboxylic acids is 1. The second-order valence-electron chi connectivity index (χ2n) is 4.96. The Labute approximate surface area is 92.3 Å². The van der Waals surface area contributed by atoms with E-state index in [1.54, 1.807) is 0 Å². The lowest BCUT2D eigenvalue weighted by Crippen LogP contribution is -2.23. The molecule has 5 atom stereocenters. The Morgan fingerprint density at radius 2 is 1.69 bits per heavy atom. The Morgan fingerprint density at radius 1 is 1.19 bits per heavy atom. The van der Waals surface area contributed by atoms with Crippen LogP contribution in [-0.2, 0) is 14.4 Å². The van der Waals surface area contributed by atoms with Gasteiger partial charge in [-0.15, -0.1) is 0 Å². The molecular weight excluding hydrogens is 208 g/mol. The van der Waals surface area contributed by atoms with E-state index >= 15 is 0 Å². The third-order valence-corrected chi connectivity index (χ3v) is 4.18. The van der Waals surface area contributed by atoms with Gasteiger partial charge in [0.25, 0.3) is 0 Å². The number of hydrogen-bond donors (Lipinski definition) is 1. The molecular formula is C12H12O4. The third kappa shape index (κ3) is 1.07. The lowest BCUT2D eigenvalue weighted by Gasteiger charge is -2.16. The minimum absolute atomic E-state index is 0.130. The van der Waals surface area contributed by atoms with Crippen LogP contribution in [0.15, 0.2) is 12.2 Å². The summed E-state index contributed by atoms with van der Waals surface area (Å²) in [6.45, 7) is 0. The number of carboxylic acids is 1. The second-order valence-corrected chi connectivity index (χ2v) is 4.96. The molecule has 3 aliphatic carbocycles. The lowest BCUT2D eigenvalue weighted by molar-refractivity contribution is -0.143. The number of allylic oxidation sites excluding steroid dienone is 2. The van der Waals surface area contributed by atoms with Crippen molar-refractivity contribution >= 4 is 17.5 Å². The van der Waals surface area contributed by atoms with Crippen LogP contribution in [0.3, 0.4) is 0 Å². The maximum atomic E-state index is 12.0. The number of rotatable bonds is 2. The maximum absolute atomic E-state index is 12.0. The van der Waals surface area contributed by atoms with Gasteiger partial charge in [0.15, 0.2) is 0 Å². The smallest absolute Gasteiger partial charge is 0.304 e. The van der Waals surface area contributed by atoms with E-state index in [4.69, 9.17) is 5.11 Å². The van der Waals surface area contributed by atoms with Crippen molar-refractivity contribution in [2.75, 3.05) is 0 Å². The minimum Gasteiger partial charge on any atom is -0.481 e. The first-order valence-electron chi connectivity index (χ1n) is 5.57. The van der Waals surface area contributed by atoms with Crippen molar-refractivity contribution in [3.8, 4) is 0 Å². The Kier molecular flexibility index (Phi) is 1.85. The zero-order chi connectivity index (χ0) is 11.4. The normalized spacial score (nSPS) is 44.1. The molecule has 4 heteroatoms. The van der Waals surface area contributed by atoms with Gasteiger partial charge in [0.2, 0.25) is 0 Å². The molecule has 16 heavy (non-hydrogen) atoms. The molecule has 0 aromatic heterocycles. The van der Waals surface area contributed by atoms with Gasteiger partial charge in [0.05, 0.1) is 12.3 Å². The van der Waals surface area contributed by atoms with Crippen LogP contribution < -0.4 is 0 Å². The zero-order valence-corrected chi connectivity index (χ0v) is 8.63. The highest BCUT2D eigenvalue weighted by Crippen LogP contribution is 2.54. The topological polar surface area (TPSA) is 71.4 Å². The molecule has 2 bridgehead atoms. The predicted octanol–water partition coefficient (Wildman–Crippen LogP) is 0.667. The van der Waals surface area contributed by atoms with Crippen LogP contribution in [0.4, 0.5) is 0 Å². The van der Waals surface area contributed by atoms with E-state index in [1.165, 1.54) is 0 Å². The van der Waals surface area contributed by atoms with E-state index in [2.05, 4.69) is 0 Å². The zero-order valence-electron chi connectivity index (χ0n) is 8.63. The largest absolute Gasteiger partial charge is 0.481 e. The molecule has 2 saturated carbocycles. The van der Waals surface area contributed by atoms with Crippen LogP contribution in [0.1, 0.15) is 12.8 Å². The van der Waals surface area contributed by atoms with Crippen LogP contribution in [0, 0.1) is 29.6 Å². The number of carboxylic acid groups (broad SMARTS) is 1. The van der Waals surface area contributed by atoms with E-state index in [0.29, 0.717) is 0 Å². The van der Waals surface area contributed by atoms with Crippen LogP contribution in [-0.4, -0.2) is 22.6 Å². The summed E-state index contributed by atoms with van der Waals surface area (Å²) < 4.78 is 0. The van der Waals surface area contributed by atoms with E-state index in [-0.39, 0.29) is 41.7 Å². The molecule has 84 valence electrons. The standard InChI is InChI=1S/C12H12O4/c13-8(14)4-7-11(15)9-5-1-2-6(3-5)10(9)12(7)16/h1-2,5-7,9-10H,3-4H2,(H,13,14)/t5-,6+,7?,9-,10+. The molecule has 0 aromatic rings. The summed E-state index contributed by atoms with van der Waals surface area (Å²) in [7, 11) is 0. The number of hydrogen-bond acceptors (Lipinski definition) is 3. The monoisotopic (exact) mass is 220 g/mol. The molecule has 0 spiro atoms. The first-order chi connectivity index (χ1) is 7.59. The van der Waals surface area contributed by atoms with Crippen molar-refractivity contribution in [1.82, 2.24) is 0 Å². The fourth-order valence-corrected chi connectivity index (χ4v) is 3.58. The first-order valence-corrected chi connectivity index (χ1v) is 5.57. The van der Waals surface area contributed by atoms with Gasteiger partial charge in [0, 0.05) is 11.8 Å². The summed E-state index contributed by atoms with van der Waals surface area (Å²) in [6, 6.07) is 0. The van der Waals surface area contributed by atoms with Gasteiger partial charge in [-0.05, 0) is 18.3 Å². The van der Waals surface area contributed by atoms with Gasteiger partial charge in [-0.1, -0.05) is 12.2 Å². The molecule has 4 nitrogen and oxygen atoms in total. The van der Waals surface area contributed by atoms with Crippen LogP contribution in [0.25, 0.3) is 0 Å². The van der Waals surface area contributed by atoms with Crippen molar-refractivity contribution in [3.05, 3.63) is 12.2 Å². The molecule has 3 aliphatic rings. The van der Waals surface area contributed by atoms with Crippen molar-refractivity contribution in [3.63, 3.8) is 0 Å². The number of fused-ring (bicyclic) bond motifs is 5. The molecule has 3 rings (SSSR count). The molecule has 0 radical (unpaired) electrons. The third-order valence-electron chi connectivity index (χ3n) is 4.18. The summed E-state index contributed by atoms with van der Waals surface area (Å²) in [5.41, 5.74) is 0. The highest BCUT2D eigenvalue weighted by atomic mass is 16.4. The summed E-state index contributed by atoms with van der Waals surface area (Å²) in [6.07, 6.45) is 4.59. The van der Waals surface area contributed by atoms with Gasteiger partial charge in [-0.25, -0.2) is 0 Å². The Hall–Kier alpha value is -1.45.